The van der Waals surface area contributed by atoms with Crippen molar-refractivity contribution in [1.29, 1.82) is 0 Å². The van der Waals surface area contributed by atoms with Gasteiger partial charge in [-0.25, -0.2) is 0 Å². The van der Waals surface area contributed by atoms with E-state index < -0.39 is 0 Å². The Bertz CT molecular complexity index is 780. The Hall–Kier alpha value is -1.82. The number of rotatable bonds is 1. The molecule has 0 bridgehead atoms. The van der Waals surface area contributed by atoms with Crippen LogP contribution >= 0.6 is 0 Å². The van der Waals surface area contributed by atoms with Crippen LogP contribution in [0.2, 0.25) is 0 Å². The van der Waals surface area contributed by atoms with Crippen LogP contribution in [0, 0.1) is 5.92 Å². The first-order valence-electron chi connectivity index (χ1n) is 7.77. The maximum absolute atomic E-state index is 2.48. The fourth-order valence-electron chi connectivity index (χ4n) is 3.72. The van der Waals surface area contributed by atoms with Crippen LogP contribution in [0.3, 0.4) is 0 Å². The first-order valence-corrected chi connectivity index (χ1v) is 7.77. The molecule has 0 amide bonds. The minimum absolute atomic E-state index is 0.844. The lowest BCUT2D eigenvalue weighted by molar-refractivity contribution is 0.514. The summed E-state index contributed by atoms with van der Waals surface area (Å²) in [6, 6.07) is 13.5. The Kier molecular flexibility index (Phi) is 2.77. The van der Waals surface area contributed by atoms with Gasteiger partial charge in [0.25, 0.3) is 0 Å². The van der Waals surface area contributed by atoms with Crippen LogP contribution in [0.15, 0.2) is 36.4 Å². The zero-order valence-electron chi connectivity index (χ0n) is 12.0. The van der Waals surface area contributed by atoms with Gasteiger partial charge in [-0.2, -0.15) is 0 Å². The van der Waals surface area contributed by atoms with Crippen LogP contribution in [0.25, 0.3) is 23.3 Å². The molecule has 1 atom stereocenters. The molecule has 0 heteroatoms. The minimum atomic E-state index is 0.844. The fraction of sp³-hybridized carbons (Fsp3) is 0.300. The van der Waals surface area contributed by atoms with Crippen LogP contribution in [0.4, 0.5) is 0 Å². The molecule has 0 aliphatic heterocycles. The fourth-order valence-corrected chi connectivity index (χ4v) is 3.72. The van der Waals surface area contributed by atoms with E-state index >= 15 is 0 Å². The van der Waals surface area contributed by atoms with Crippen LogP contribution in [-0.4, -0.2) is 0 Å². The molecule has 0 heterocycles. The standard InChI is InChI=1S/C20H20/c1-2-14-7-10-18-16(13-14)9-12-19-17-6-4-3-5-15(17)8-11-20(18)19/h3-6,9-12,14H,2,7-8,13H2,1H3. The van der Waals surface area contributed by atoms with Crippen molar-refractivity contribution in [3.05, 3.63) is 58.0 Å². The zero-order valence-corrected chi connectivity index (χ0v) is 12.0. The third-order valence-electron chi connectivity index (χ3n) is 4.95. The molecule has 0 saturated carbocycles. The molecule has 2 aromatic carbocycles. The molecule has 0 saturated heterocycles. The van der Waals surface area contributed by atoms with Gasteiger partial charge in [-0.15, -0.1) is 0 Å². The summed E-state index contributed by atoms with van der Waals surface area (Å²) in [4.78, 5) is 0. The number of hydrogen-bond donors (Lipinski definition) is 0. The van der Waals surface area contributed by atoms with Crippen LogP contribution in [0.1, 0.15) is 30.9 Å². The van der Waals surface area contributed by atoms with E-state index in [2.05, 4.69) is 55.5 Å². The second-order valence-electron chi connectivity index (χ2n) is 6.08. The summed E-state index contributed by atoms with van der Waals surface area (Å²) in [5.74, 6) is 0.844. The third-order valence-corrected chi connectivity index (χ3v) is 4.95. The summed E-state index contributed by atoms with van der Waals surface area (Å²) >= 11 is 0. The van der Waals surface area contributed by atoms with E-state index in [0.29, 0.717) is 0 Å². The lowest BCUT2D eigenvalue weighted by Crippen LogP contribution is -2.35. The maximum Gasteiger partial charge on any atom is -0.00819 e. The lowest BCUT2D eigenvalue weighted by atomic mass is 9.83. The molecular formula is C20H20. The predicted molar refractivity (Wildman–Crippen MR) is 85.9 cm³/mol. The smallest absolute Gasteiger partial charge is 0.00819 e. The van der Waals surface area contributed by atoms with Gasteiger partial charge in [0.15, 0.2) is 0 Å². The van der Waals surface area contributed by atoms with Gasteiger partial charge in [0.05, 0.1) is 0 Å². The Morgan fingerprint density at radius 3 is 2.70 bits per heavy atom. The number of hydrogen-bond acceptors (Lipinski definition) is 0. The number of fused-ring (bicyclic) bond motifs is 5. The van der Waals surface area contributed by atoms with Gasteiger partial charge >= 0.3 is 0 Å². The first-order chi connectivity index (χ1) is 9.86. The van der Waals surface area contributed by atoms with Gasteiger partial charge in [-0.1, -0.05) is 61.9 Å². The van der Waals surface area contributed by atoms with Gasteiger partial charge < -0.3 is 0 Å². The third kappa shape index (κ3) is 1.75. The van der Waals surface area contributed by atoms with Gasteiger partial charge in [-0.05, 0) is 57.9 Å². The molecule has 0 spiro atoms. The van der Waals surface area contributed by atoms with Crippen molar-refractivity contribution in [3.63, 3.8) is 0 Å². The Morgan fingerprint density at radius 1 is 0.900 bits per heavy atom. The Labute approximate surface area is 120 Å². The predicted octanol–water partition coefficient (Wildman–Crippen LogP) is 3.44. The van der Waals surface area contributed by atoms with E-state index in [4.69, 9.17) is 0 Å². The van der Waals surface area contributed by atoms with Crippen molar-refractivity contribution in [3.8, 4) is 11.1 Å². The van der Waals surface area contributed by atoms with E-state index in [0.717, 1.165) is 12.3 Å². The summed E-state index contributed by atoms with van der Waals surface area (Å²) in [7, 11) is 0. The first kappa shape index (κ1) is 12.0. The molecule has 20 heavy (non-hydrogen) atoms. The molecule has 2 aliphatic carbocycles. The van der Waals surface area contributed by atoms with E-state index in [1.54, 1.807) is 5.56 Å². The van der Waals surface area contributed by atoms with E-state index in [9.17, 15) is 0 Å². The van der Waals surface area contributed by atoms with Crippen molar-refractivity contribution in [2.75, 3.05) is 0 Å². The van der Waals surface area contributed by atoms with Crippen molar-refractivity contribution in [1.82, 2.24) is 0 Å². The van der Waals surface area contributed by atoms with Crippen molar-refractivity contribution < 1.29 is 0 Å². The summed E-state index contributed by atoms with van der Waals surface area (Å²) in [5.41, 5.74) is 5.87. The normalized spacial score (nSPS) is 19.1. The molecule has 100 valence electrons. The zero-order chi connectivity index (χ0) is 13.5. The molecule has 0 fully saturated rings. The molecule has 2 aliphatic rings. The maximum atomic E-state index is 2.48. The van der Waals surface area contributed by atoms with Gasteiger partial charge in [0, 0.05) is 0 Å². The summed E-state index contributed by atoms with van der Waals surface area (Å²) < 4.78 is 0. The van der Waals surface area contributed by atoms with E-state index in [1.807, 2.05) is 0 Å². The van der Waals surface area contributed by atoms with Gasteiger partial charge in [0.1, 0.15) is 0 Å². The average Bonchev–Trinajstić information content (AvgIpc) is 2.53. The summed E-state index contributed by atoms with van der Waals surface area (Å²) in [6.45, 7) is 2.31. The minimum Gasteiger partial charge on any atom is -0.0761 e. The largest absolute Gasteiger partial charge is 0.0761 e. The molecule has 0 aromatic heterocycles. The molecule has 4 rings (SSSR count). The van der Waals surface area contributed by atoms with Crippen molar-refractivity contribution >= 4 is 12.2 Å². The summed E-state index contributed by atoms with van der Waals surface area (Å²) in [5, 5.41) is 3.00. The number of benzene rings is 2. The van der Waals surface area contributed by atoms with Crippen LogP contribution < -0.4 is 10.4 Å². The highest BCUT2D eigenvalue weighted by molar-refractivity contribution is 5.74. The SMILES string of the molecule is CCC1CC=c2c(ccc3c2=CCc2ccccc2-3)C1. The second kappa shape index (κ2) is 4.63. The lowest BCUT2D eigenvalue weighted by Gasteiger charge is -2.21. The molecule has 2 aromatic rings. The molecule has 1 unspecified atom stereocenters. The van der Waals surface area contributed by atoms with Crippen molar-refractivity contribution in [2.24, 2.45) is 5.92 Å². The highest BCUT2D eigenvalue weighted by Crippen LogP contribution is 2.25. The average molecular weight is 260 g/mol. The van der Waals surface area contributed by atoms with E-state index in [-0.39, 0.29) is 0 Å². The van der Waals surface area contributed by atoms with Gasteiger partial charge in [-0.3, -0.25) is 0 Å². The molecule has 0 radical (unpaired) electrons. The topological polar surface area (TPSA) is 0 Å². The molecular weight excluding hydrogens is 240 g/mol. The summed E-state index contributed by atoms with van der Waals surface area (Å²) in [6.07, 6.45) is 9.78. The quantitative estimate of drug-likeness (QED) is 0.737. The highest BCUT2D eigenvalue weighted by atomic mass is 14.2. The van der Waals surface area contributed by atoms with E-state index in [1.165, 1.54) is 46.4 Å². The monoisotopic (exact) mass is 260 g/mol. The highest BCUT2D eigenvalue weighted by Gasteiger charge is 2.16. The Balaban J connectivity index is 1.95. The Morgan fingerprint density at radius 2 is 1.80 bits per heavy atom. The van der Waals surface area contributed by atoms with Crippen LogP contribution in [-0.2, 0) is 12.8 Å². The van der Waals surface area contributed by atoms with Crippen molar-refractivity contribution in [2.45, 2.75) is 32.6 Å². The molecule has 0 N–H and O–H groups in total. The molecule has 0 nitrogen and oxygen atoms in total. The second-order valence-corrected chi connectivity index (χ2v) is 6.08. The van der Waals surface area contributed by atoms with Gasteiger partial charge in [0.2, 0.25) is 0 Å². The van der Waals surface area contributed by atoms with Crippen LogP contribution in [0.5, 0.6) is 0 Å².